The fourth-order valence-electron chi connectivity index (χ4n) is 5.21. The maximum Gasteiger partial charge on any atom is 0.417 e. The van der Waals surface area contributed by atoms with Crippen molar-refractivity contribution in [2.45, 2.75) is 56.7 Å². The number of cyclic esters (lactones) is 1. The van der Waals surface area contributed by atoms with Gasteiger partial charge in [0.1, 0.15) is 12.6 Å². The highest BCUT2D eigenvalue weighted by Crippen LogP contribution is 2.40. The normalized spacial score (nSPS) is 24.9. The summed E-state index contributed by atoms with van der Waals surface area (Å²) in [4.78, 5) is 27.5. The lowest BCUT2D eigenvalue weighted by Gasteiger charge is -2.37. The Labute approximate surface area is 200 Å². The van der Waals surface area contributed by atoms with Crippen LogP contribution in [0.15, 0.2) is 54.6 Å². The number of nitrogens with two attached hydrogens (primary N) is 1. The van der Waals surface area contributed by atoms with Crippen LogP contribution in [0.3, 0.4) is 0 Å². The highest BCUT2D eigenvalue weighted by atomic mass is 35.5. The summed E-state index contributed by atoms with van der Waals surface area (Å²) in [6.07, 6.45) is 3.29. The molecule has 1 heterocycles. The highest BCUT2D eigenvalue weighted by molar-refractivity contribution is 6.30. The summed E-state index contributed by atoms with van der Waals surface area (Å²) in [6.45, 7) is 2.84. The minimum atomic E-state index is -0.878. The monoisotopic (exact) mass is 470 g/mol. The van der Waals surface area contributed by atoms with Gasteiger partial charge in [0.25, 0.3) is 0 Å². The first-order chi connectivity index (χ1) is 16.0. The van der Waals surface area contributed by atoms with E-state index in [2.05, 4.69) is 0 Å². The highest BCUT2D eigenvalue weighted by Gasteiger charge is 2.44. The molecule has 2 aromatic carbocycles. The molecule has 2 N–H and O–H groups in total. The quantitative estimate of drug-likeness (QED) is 0.611. The number of amides is 2. The standard InChI is InChI=1S/C26H31ClN2O4/c1-2-32-21-14-10-19(11-15-21)23(18-8-12-20(27)13-9-18)24(28)25(30)29-22(16-33-26(29)31)17-6-4-3-5-7-17/h3-9,12-13,19,21-24H,2,10-11,14-16,28H2,1H3/t19?,21?,22-,23+,24+/m1/s1. The Kier molecular flexibility index (Phi) is 7.68. The van der Waals surface area contributed by atoms with Crippen LogP contribution in [0.4, 0.5) is 4.79 Å². The molecule has 0 bridgehead atoms. The second-order valence-corrected chi connectivity index (χ2v) is 9.24. The van der Waals surface area contributed by atoms with Crippen molar-refractivity contribution in [3.63, 3.8) is 0 Å². The van der Waals surface area contributed by atoms with Gasteiger partial charge in [-0.1, -0.05) is 54.1 Å². The number of nitrogens with zero attached hydrogens (tertiary/aromatic N) is 1. The third kappa shape index (κ3) is 5.24. The number of rotatable bonds is 7. The summed E-state index contributed by atoms with van der Waals surface area (Å²) in [5.41, 5.74) is 8.49. The summed E-state index contributed by atoms with van der Waals surface area (Å²) in [5.74, 6) is -0.434. The molecular formula is C26H31ClN2O4. The third-order valence-electron chi connectivity index (χ3n) is 6.85. The molecule has 1 saturated heterocycles. The van der Waals surface area contributed by atoms with E-state index in [1.165, 1.54) is 4.90 Å². The smallest absolute Gasteiger partial charge is 0.417 e. The summed E-state index contributed by atoms with van der Waals surface area (Å²) >= 11 is 6.12. The number of ether oxygens (including phenoxy) is 2. The van der Waals surface area contributed by atoms with E-state index in [1.807, 2.05) is 61.5 Å². The van der Waals surface area contributed by atoms with Crippen LogP contribution in [0.5, 0.6) is 0 Å². The van der Waals surface area contributed by atoms with Gasteiger partial charge in [0.2, 0.25) is 5.91 Å². The molecule has 0 aromatic heterocycles. The SMILES string of the molecule is CCOC1CCC([C@H](c2ccc(Cl)cc2)[C@H](N)C(=O)N2C(=O)OC[C@@H]2c2ccccc2)CC1. The number of hydrogen-bond donors (Lipinski definition) is 1. The molecule has 2 amide bonds. The van der Waals surface area contributed by atoms with E-state index in [-0.39, 0.29) is 24.5 Å². The molecule has 1 saturated carbocycles. The lowest BCUT2D eigenvalue weighted by atomic mass is 9.72. The zero-order valence-electron chi connectivity index (χ0n) is 18.9. The molecule has 2 fully saturated rings. The first-order valence-electron chi connectivity index (χ1n) is 11.7. The molecule has 1 aliphatic carbocycles. The molecule has 2 aromatic rings. The van der Waals surface area contributed by atoms with Crippen molar-refractivity contribution in [2.75, 3.05) is 13.2 Å². The number of benzene rings is 2. The Balaban J connectivity index is 1.60. The molecule has 1 aliphatic heterocycles. The Bertz CT molecular complexity index is 945. The van der Waals surface area contributed by atoms with Crippen molar-refractivity contribution in [1.82, 2.24) is 4.90 Å². The average molecular weight is 471 g/mol. The van der Waals surface area contributed by atoms with E-state index in [9.17, 15) is 9.59 Å². The van der Waals surface area contributed by atoms with Crippen molar-refractivity contribution < 1.29 is 19.1 Å². The van der Waals surface area contributed by atoms with Crippen LogP contribution < -0.4 is 5.73 Å². The second kappa shape index (κ2) is 10.7. The van der Waals surface area contributed by atoms with Gasteiger partial charge in [0.05, 0.1) is 12.1 Å². The van der Waals surface area contributed by atoms with Crippen molar-refractivity contribution in [3.8, 4) is 0 Å². The molecule has 33 heavy (non-hydrogen) atoms. The summed E-state index contributed by atoms with van der Waals surface area (Å²) < 4.78 is 11.1. The van der Waals surface area contributed by atoms with Crippen LogP contribution in [-0.4, -0.2) is 42.3 Å². The van der Waals surface area contributed by atoms with Gasteiger partial charge >= 0.3 is 6.09 Å². The molecular weight excluding hydrogens is 440 g/mol. The molecule has 3 atom stereocenters. The van der Waals surface area contributed by atoms with Gasteiger partial charge in [-0.2, -0.15) is 0 Å². The Morgan fingerprint density at radius 3 is 2.42 bits per heavy atom. The predicted molar refractivity (Wildman–Crippen MR) is 127 cm³/mol. The number of hydrogen-bond acceptors (Lipinski definition) is 5. The number of carbonyl (C=O) groups is 2. The van der Waals surface area contributed by atoms with Gasteiger partial charge in [-0.05, 0) is 61.8 Å². The van der Waals surface area contributed by atoms with E-state index in [4.69, 9.17) is 26.8 Å². The Morgan fingerprint density at radius 2 is 1.79 bits per heavy atom. The van der Waals surface area contributed by atoms with Gasteiger partial charge in [0, 0.05) is 17.5 Å². The minimum Gasteiger partial charge on any atom is -0.446 e. The number of imide groups is 1. The van der Waals surface area contributed by atoms with E-state index in [0.29, 0.717) is 11.6 Å². The lowest BCUT2D eigenvalue weighted by molar-refractivity contribution is -0.131. The maximum atomic E-state index is 13.7. The van der Waals surface area contributed by atoms with Gasteiger partial charge in [-0.3, -0.25) is 4.79 Å². The Hall–Kier alpha value is -2.41. The molecule has 176 valence electrons. The zero-order chi connectivity index (χ0) is 23.4. The maximum absolute atomic E-state index is 13.7. The van der Waals surface area contributed by atoms with Crippen LogP contribution in [0.1, 0.15) is 55.7 Å². The van der Waals surface area contributed by atoms with E-state index < -0.39 is 24.1 Å². The summed E-state index contributed by atoms with van der Waals surface area (Å²) in [5, 5.41) is 0.629. The van der Waals surface area contributed by atoms with Crippen LogP contribution in [-0.2, 0) is 14.3 Å². The van der Waals surface area contributed by atoms with Crippen molar-refractivity contribution in [1.29, 1.82) is 0 Å². The number of carbonyl (C=O) groups excluding carboxylic acids is 2. The predicted octanol–water partition coefficient (Wildman–Crippen LogP) is 5.07. The van der Waals surface area contributed by atoms with Crippen molar-refractivity contribution in [2.24, 2.45) is 11.7 Å². The lowest BCUT2D eigenvalue weighted by Crippen LogP contribution is -2.50. The van der Waals surface area contributed by atoms with Gasteiger partial charge < -0.3 is 15.2 Å². The largest absolute Gasteiger partial charge is 0.446 e. The first kappa shape index (κ1) is 23.7. The molecule has 7 heteroatoms. The molecule has 2 aliphatic rings. The molecule has 0 spiro atoms. The summed E-state index contributed by atoms with van der Waals surface area (Å²) in [7, 11) is 0. The van der Waals surface area contributed by atoms with Gasteiger partial charge in [-0.15, -0.1) is 0 Å². The van der Waals surface area contributed by atoms with E-state index in [1.54, 1.807) is 0 Å². The number of halogens is 1. The minimum absolute atomic E-state index is 0.131. The van der Waals surface area contributed by atoms with Crippen LogP contribution in [0.25, 0.3) is 0 Å². The molecule has 4 rings (SSSR count). The topological polar surface area (TPSA) is 81.9 Å². The average Bonchev–Trinajstić information content (AvgIpc) is 3.23. The zero-order valence-corrected chi connectivity index (χ0v) is 19.6. The van der Waals surface area contributed by atoms with Gasteiger partial charge in [0.15, 0.2) is 0 Å². The first-order valence-corrected chi connectivity index (χ1v) is 12.0. The van der Waals surface area contributed by atoms with Gasteiger partial charge in [-0.25, -0.2) is 9.69 Å². The molecule has 6 nitrogen and oxygen atoms in total. The Morgan fingerprint density at radius 1 is 1.12 bits per heavy atom. The van der Waals surface area contributed by atoms with Crippen molar-refractivity contribution in [3.05, 3.63) is 70.7 Å². The van der Waals surface area contributed by atoms with E-state index >= 15 is 0 Å². The fourth-order valence-corrected chi connectivity index (χ4v) is 5.33. The molecule has 0 radical (unpaired) electrons. The van der Waals surface area contributed by atoms with Crippen molar-refractivity contribution >= 4 is 23.6 Å². The molecule has 0 unspecified atom stereocenters. The van der Waals surface area contributed by atoms with E-state index in [0.717, 1.165) is 36.8 Å². The van der Waals surface area contributed by atoms with Crippen LogP contribution >= 0.6 is 11.6 Å². The summed E-state index contributed by atoms with van der Waals surface area (Å²) in [6, 6.07) is 15.6. The second-order valence-electron chi connectivity index (χ2n) is 8.81. The third-order valence-corrected chi connectivity index (χ3v) is 7.10. The fraction of sp³-hybridized carbons (Fsp3) is 0.462. The van der Waals surface area contributed by atoms with Crippen LogP contribution in [0, 0.1) is 5.92 Å². The van der Waals surface area contributed by atoms with Crippen LogP contribution in [0.2, 0.25) is 5.02 Å².